The molecule has 0 saturated carbocycles. The number of amides is 1. The molecule has 2 N–H and O–H groups in total. The molecule has 1 amide bonds. The Balaban J connectivity index is 1.40. The van der Waals surface area contributed by atoms with Gasteiger partial charge >= 0.3 is 0 Å². The van der Waals surface area contributed by atoms with Crippen molar-refractivity contribution >= 4 is 11.7 Å². The van der Waals surface area contributed by atoms with E-state index in [1.807, 2.05) is 60.7 Å². The number of nitrogens with one attached hydrogen (secondary N) is 2. The molecule has 2 fully saturated rings. The summed E-state index contributed by atoms with van der Waals surface area (Å²) < 4.78 is 6.07. The lowest BCUT2D eigenvalue weighted by atomic mass is 10.1. The molecule has 1 atom stereocenters. The zero-order valence-corrected chi connectivity index (χ0v) is 16.0. The van der Waals surface area contributed by atoms with Crippen LogP contribution in [0.5, 0.6) is 11.5 Å². The number of carbonyl (C=O) groups excluding carboxylic acids is 1. The third-order valence-electron chi connectivity index (χ3n) is 5.51. The van der Waals surface area contributed by atoms with Gasteiger partial charge < -0.3 is 10.1 Å². The second kappa shape index (κ2) is 7.69. The van der Waals surface area contributed by atoms with Gasteiger partial charge in [-0.25, -0.2) is 0 Å². The van der Waals surface area contributed by atoms with Crippen LogP contribution in [0.15, 0.2) is 60.7 Å². The maximum atomic E-state index is 13.0. The molecule has 3 heterocycles. The summed E-state index contributed by atoms with van der Waals surface area (Å²) in [4.78, 5) is 17.0. The number of nitrogens with zero attached hydrogens (tertiary/aromatic N) is 3. The van der Waals surface area contributed by atoms with Crippen LogP contribution in [0.25, 0.3) is 11.3 Å². The normalized spacial score (nSPS) is 19.8. The van der Waals surface area contributed by atoms with E-state index < -0.39 is 0 Å². The number of piperazine rings is 2. The Hall–Kier alpha value is -3.16. The van der Waals surface area contributed by atoms with Crippen LogP contribution in [0.3, 0.4) is 0 Å². The fourth-order valence-electron chi connectivity index (χ4n) is 3.98. The Bertz CT molecular complexity index is 1000. The third kappa shape index (κ3) is 3.50. The van der Waals surface area contributed by atoms with Gasteiger partial charge in [-0.15, -0.1) is 0 Å². The molecule has 2 saturated heterocycles. The molecular weight excluding hydrogens is 366 g/mol. The minimum absolute atomic E-state index is 0.105. The molecule has 7 heteroatoms. The van der Waals surface area contributed by atoms with E-state index in [1.165, 1.54) is 0 Å². The highest BCUT2D eigenvalue weighted by molar-refractivity contribution is 5.98. The SMILES string of the molecule is O=C1[C@@H]2CNCCN2CCN1c1cc(-c2ccccc2Oc2ccccc2)[nH]n1. The molecule has 0 unspecified atom stereocenters. The number of anilines is 1. The minimum Gasteiger partial charge on any atom is -0.457 e. The average Bonchev–Trinajstić information content (AvgIpc) is 3.25. The van der Waals surface area contributed by atoms with Gasteiger partial charge in [0.05, 0.1) is 5.69 Å². The Morgan fingerprint density at radius 3 is 2.72 bits per heavy atom. The van der Waals surface area contributed by atoms with Crippen molar-refractivity contribution < 1.29 is 9.53 Å². The maximum Gasteiger partial charge on any atom is 0.246 e. The second-order valence-corrected chi connectivity index (χ2v) is 7.30. The predicted octanol–water partition coefficient (Wildman–Crippen LogP) is 2.49. The first-order valence-electron chi connectivity index (χ1n) is 9.93. The van der Waals surface area contributed by atoms with Crippen LogP contribution >= 0.6 is 0 Å². The van der Waals surface area contributed by atoms with E-state index in [1.54, 1.807) is 4.90 Å². The molecular formula is C22H23N5O2. The van der Waals surface area contributed by atoms with Gasteiger partial charge in [-0.1, -0.05) is 30.3 Å². The number of aromatic nitrogens is 2. The number of hydrogen-bond donors (Lipinski definition) is 2. The monoisotopic (exact) mass is 389 g/mol. The van der Waals surface area contributed by atoms with E-state index in [0.717, 1.165) is 42.4 Å². The highest BCUT2D eigenvalue weighted by atomic mass is 16.5. The molecule has 1 aromatic heterocycles. The van der Waals surface area contributed by atoms with Gasteiger partial charge in [0.25, 0.3) is 0 Å². The first-order valence-corrected chi connectivity index (χ1v) is 9.93. The number of rotatable bonds is 4. The number of aromatic amines is 1. The summed E-state index contributed by atoms with van der Waals surface area (Å²) in [6.07, 6.45) is 0. The van der Waals surface area contributed by atoms with Crippen molar-refractivity contribution in [3.05, 3.63) is 60.7 Å². The smallest absolute Gasteiger partial charge is 0.246 e. The minimum atomic E-state index is -0.105. The van der Waals surface area contributed by atoms with Crippen molar-refractivity contribution in [2.45, 2.75) is 6.04 Å². The van der Waals surface area contributed by atoms with Crippen molar-refractivity contribution in [2.24, 2.45) is 0 Å². The molecule has 0 radical (unpaired) electrons. The lowest BCUT2D eigenvalue weighted by Gasteiger charge is -2.42. The summed E-state index contributed by atoms with van der Waals surface area (Å²) in [7, 11) is 0. The number of ether oxygens (including phenoxy) is 1. The number of benzene rings is 2. The van der Waals surface area contributed by atoms with E-state index in [-0.39, 0.29) is 11.9 Å². The first-order chi connectivity index (χ1) is 14.3. The summed E-state index contributed by atoms with van der Waals surface area (Å²) in [5, 5.41) is 10.8. The molecule has 7 nitrogen and oxygen atoms in total. The number of hydrogen-bond acceptors (Lipinski definition) is 5. The molecule has 0 bridgehead atoms. The second-order valence-electron chi connectivity index (χ2n) is 7.30. The summed E-state index contributed by atoms with van der Waals surface area (Å²) >= 11 is 0. The molecule has 29 heavy (non-hydrogen) atoms. The Morgan fingerprint density at radius 1 is 1.00 bits per heavy atom. The topological polar surface area (TPSA) is 73.5 Å². The van der Waals surface area contributed by atoms with Gasteiger partial charge in [0.2, 0.25) is 5.91 Å². The number of carbonyl (C=O) groups is 1. The molecule has 2 aliphatic rings. The highest BCUT2D eigenvalue weighted by Gasteiger charge is 2.37. The Morgan fingerprint density at radius 2 is 1.83 bits per heavy atom. The Kier molecular flexibility index (Phi) is 4.75. The number of H-pyrrole nitrogens is 1. The maximum absolute atomic E-state index is 13.0. The van der Waals surface area contributed by atoms with Crippen LogP contribution in [0, 0.1) is 0 Å². The highest BCUT2D eigenvalue weighted by Crippen LogP contribution is 2.34. The van der Waals surface area contributed by atoms with Crippen molar-refractivity contribution in [3.8, 4) is 22.8 Å². The Labute approximate surface area is 169 Å². The fourth-order valence-corrected chi connectivity index (χ4v) is 3.98. The van der Waals surface area contributed by atoms with Gasteiger partial charge in [0.15, 0.2) is 5.82 Å². The van der Waals surface area contributed by atoms with E-state index in [9.17, 15) is 4.79 Å². The lowest BCUT2D eigenvalue weighted by Crippen LogP contribution is -2.64. The molecule has 3 aromatic rings. The predicted molar refractivity (Wildman–Crippen MR) is 111 cm³/mol. The third-order valence-corrected chi connectivity index (χ3v) is 5.51. The van der Waals surface area contributed by atoms with Gasteiger partial charge in [0, 0.05) is 44.4 Å². The summed E-state index contributed by atoms with van der Waals surface area (Å²) in [5.41, 5.74) is 1.73. The average molecular weight is 389 g/mol. The number of para-hydroxylation sites is 2. The molecule has 0 aliphatic carbocycles. The molecule has 5 rings (SSSR count). The fraction of sp³-hybridized carbons (Fsp3) is 0.273. The van der Waals surface area contributed by atoms with Crippen LogP contribution < -0.4 is 15.0 Å². The van der Waals surface area contributed by atoms with Gasteiger partial charge in [-0.05, 0) is 24.3 Å². The zero-order valence-electron chi connectivity index (χ0n) is 16.0. The standard InChI is InChI=1S/C22H23N5O2/c28-22-19-15-23-10-11-26(19)12-13-27(22)21-14-18(24-25-21)17-8-4-5-9-20(17)29-16-6-2-1-3-7-16/h1-9,14,19,23H,10-13,15H2,(H,24,25)/t19-/m0/s1. The van der Waals surface area contributed by atoms with Crippen molar-refractivity contribution in [1.29, 1.82) is 0 Å². The first kappa shape index (κ1) is 17.9. The molecule has 148 valence electrons. The number of fused-ring (bicyclic) bond motifs is 1. The summed E-state index contributed by atoms with van der Waals surface area (Å²) in [6, 6.07) is 19.3. The molecule has 2 aliphatic heterocycles. The van der Waals surface area contributed by atoms with Crippen LogP contribution in [0.4, 0.5) is 5.82 Å². The molecule has 0 spiro atoms. The van der Waals surface area contributed by atoms with E-state index >= 15 is 0 Å². The quantitative estimate of drug-likeness (QED) is 0.717. The van der Waals surface area contributed by atoms with Crippen molar-refractivity contribution in [3.63, 3.8) is 0 Å². The van der Waals surface area contributed by atoms with Crippen molar-refractivity contribution in [1.82, 2.24) is 20.4 Å². The van der Waals surface area contributed by atoms with E-state index in [0.29, 0.717) is 18.9 Å². The van der Waals surface area contributed by atoms with Gasteiger partial charge in [0.1, 0.15) is 17.5 Å². The van der Waals surface area contributed by atoms with Crippen molar-refractivity contribution in [2.75, 3.05) is 37.6 Å². The van der Waals surface area contributed by atoms with Crippen LogP contribution in [-0.2, 0) is 4.79 Å². The molecule has 2 aromatic carbocycles. The van der Waals surface area contributed by atoms with E-state index in [2.05, 4.69) is 20.4 Å². The summed E-state index contributed by atoms with van der Waals surface area (Å²) in [6.45, 7) is 4.07. The lowest BCUT2D eigenvalue weighted by molar-refractivity contribution is -0.126. The van der Waals surface area contributed by atoms with Crippen LogP contribution in [-0.4, -0.2) is 59.8 Å². The van der Waals surface area contributed by atoms with Gasteiger partial charge in [-0.3, -0.25) is 19.7 Å². The largest absolute Gasteiger partial charge is 0.457 e. The van der Waals surface area contributed by atoms with E-state index in [4.69, 9.17) is 4.74 Å². The summed E-state index contributed by atoms with van der Waals surface area (Å²) in [5.74, 6) is 2.28. The van der Waals surface area contributed by atoms with Gasteiger partial charge in [-0.2, -0.15) is 5.10 Å². The van der Waals surface area contributed by atoms with Crippen LogP contribution in [0.2, 0.25) is 0 Å². The van der Waals surface area contributed by atoms with Crippen LogP contribution in [0.1, 0.15) is 0 Å². The zero-order chi connectivity index (χ0) is 19.6.